The van der Waals surface area contributed by atoms with Crippen LogP contribution in [0, 0.1) is 6.92 Å². The van der Waals surface area contributed by atoms with Gasteiger partial charge in [0.05, 0.1) is 10.4 Å². The number of nitrogens with two attached hydrogens (primary N) is 1. The number of alkyl halides is 3. The molecule has 3 heterocycles. The zero-order chi connectivity index (χ0) is 20.9. The van der Waals surface area contributed by atoms with E-state index in [1.807, 2.05) is 5.38 Å². The SMILES string of the molecule is Cc1cc2c(CC(=O)Nc3n[nH]c(CCN)n3)csc2s1.O=C(O)C(F)(F)F. The van der Waals surface area contributed by atoms with Gasteiger partial charge in [0.2, 0.25) is 11.9 Å². The number of nitrogens with zero attached hydrogens (tertiary/aromatic N) is 2. The van der Waals surface area contributed by atoms with Gasteiger partial charge in [-0.1, -0.05) is 0 Å². The summed E-state index contributed by atoms with van der Waals surface area (Å²) in [4.78, 5) is 26.4. The van der Waals surface area contributed by atoms with Crippen molar-refractivity contribution in [2.45, 2.75) is 25.9 Å². The van der Waals surface area contributed by atoms with E-state index in [0.717, 1.165) is 5.56 Å². The zero-order valence-electron chi connectivity index (χ0n) is 14.5. The highest BCUT2D eigenvalue weighted by Gasteiger charge is 2.38. The van der Waals surface area contributed by atoms with Crippen LogP contribution in [0.3, 0.4) is 0 Å². The molecule has 1 amide bonds. The van der Waals surface area contributed by atoms with Crippen molar-refractivity contribution in [2.75, 3.05) is 11.9 Å². The Kier molecular flexibility index (Phi) is 7.10. The summed E-state index contributed by atoms with van der Waals surface area (Å²) in [5.74, 6) is -1.89. The number of aliphatic carboxylic acids is 1. The number of H-pyrrole nitrogens is 1. The van der Waals surface area contributed by atoms with Gasteiger partial charge >= 0.3 is 12.1 Å². The van der Waals surface area contributed by atoms with Gasteiger partial charge in [-0.05, 0) is 30.5 Å². The van der Waals surface area contributed by atoms with Crippen LogP contribution < -0.4 is 11.1 Å². The Labute approximate surface area is 164 Å². The lowest BCUT2D eigenvalue weighted by Gasteiger charge is -1.99. The minimum absolute atomic E-state index is 0.114. The van der Waals surface area contributed by atoms with E-state index in [4.69, 9.17) is 15.6 Å². The van der Waals surface area contributed by atoms with Gasteiger partial charge in [0.15, 0.2) is 0 Å². The summed E-state index contributed by atoms with van der Waals surface area (Å²) < 4.78 is 33.0. The third-order valence-corrected chi connectivity index (χ3v) is 5.45. The van der Waals surface area contributed by atoms with Crippen molar-refractivity contribution in [3.05, 3.63) is 27.7 Å². The quantitative estimate of drug-likeness (QED) is 0.487. The van der Waals surface area contributed by atoms with E-state index in [-0.39, 0.29) is 5.91 Å². The highest BCUT2D eigenvalue weighted by atomic mass is 32.2. The molecule has 0 radical (unpaired) electrons. The van der Waals surface area contributed by atoms with Gasteiger partial charge in [-0.2, -0.15) is 18.2 Å². The number of carbonyl (C=O) groups is 2. The number of hydrogen-bond donors (Lipinski definition) is 4. The Morgan fingerprint density at radius 3 is 2.68 bits per heavy atom. The number of fused-ring (bicyclic) bond motifs is 1. The second-order valence-corrected chi connectivity index (χ2v) is 7.89. The number of rotatable bonds is 5. The molecule has 0 atom stereocenters. The fourth-order valence-corrected chi connectivity index (χ4v) is 4.35. The molecule has 0 bridgehead atoms. The lowest BCUT2D eigenvalue weighted by molar-refractivity contribution is -0.192. The maximum atomic E-state index is 12.1. The Morgan fingerprint density at radius 2 is 2.07 bits per heavy atom. The number of halogens is 3. The molecule has 5 N–H and O–H groups in total. The van der Waals surface area contributed by atoms with Crippen LogP contribution in [0.4, 0.5) is 19.1 Å². The van der Waals surface area contributed by atoms with E-state index in [0.29, 0.717) is 31.2 Å². The molecule has 3 rings (SSSR count). The van der Waals surface area contributed by atoms with Crippen LogP contribution in [0.2, 0.25) is 0 Å². The number of aryl methyl sites for hydroxylation is 1. The molecule has 28 heavy (non-hydrogen) atoms. The first kappa shape index (κ1) is 21.8. The second-order valence-electron chi connectivity index (χ2n) is 5.49. The highest BCUT2D eigenvalue weighted by Crippen LogP contribution is 2.33. The lowest BCUT2D eigenvalue weighted by atomic mass is 10.1. The van der Waals surface area contributed by atoms with E-state index in [1.54, 1.807) is 22.7 Å². The van der Waals surface area contributed by atoms with Crippen molar-refractivity contribution < 1.29 is 27.9 Å². The molecule has 0 aliphatic heterocycles. The van der Waals surface area contributed by atoms with Crippen molar-refractivity contribution in [3.63, 3.8) is 0 Å². The summed E-state index contributed by atoms with van der Waals surface area (Å²) >= 11 is 3.44. The molecule has 0 aliphatic carbocycles. The summed E-state index contributed by atoms with van der Waals surface area (Å²) in [6.45, 7) is 2.57. The van der Waals surface area contributed by atoms with Crippen LogP contribution in [0.15, 0.2) is 11.4 Å². The summed E-state index contributed by atoms with van der Waals surface area (Å²) in [6, 6.07) is 2.13. The third kappa shape index (κ3) is 6.00. The second kappa shape index (κ2) is 9.12. The third-order valence-electron chi connectivity index (χ3n) is 3.23. The maximum absolute atomic E-state index is 12.1. The molecule has 0 fully saturated rings. The number of anilines is 1. The van der Waals surface area contributed by atoms with Crippen LogP contribution in [0.25, 0.3) is 9.40 Å². The summed E-state index contributed by atoms with van der Waals surface area (Å²) in [6.07, 6.45) is -4.14. The molecule has 3 aromatic rings. The lowest BCUT2D eigenvalue weighted by Crippen LogP contribution is -2.21. The van der Waals surface area contributed by atoms with Crippen LogP contribution in [-0.4, -0.2) is 44.9 Å². The van der Waals surface area contributed by atoms with Gasteiger partial charge in [-0.25, -0.2) is 4.79 Å². The van der Waals surface area contributed by atoms with Gasteiger partial charge in [0, 0.05) is 16.7 Å². The fraction of sp³-hybridized carbons (Fsp3) is 0.333. The molecule has 0 spiro atoms. The van der Waals surface area contributed by atoms with Gasteiger partial charge < -0.3 is 10.8 Å². The molecule has 3 aromatic heterocycles. The van der Waals surface area contributed by atoms with E-state index in [2.05, 4.69) is 33.5 Å². The fourth-order valence-electron chi connectivity index (χ4n) is 2.07. The van der Waals surface area contributed by atoms with Crippen molar-refractivity contribution in [3.8, 4) is 0 Å². The highest BCUT2D eigenvalue weighted by molar-refractivity contribution is 7.37. The first-order chi connectivity index (χ1) is 13.1. The van der Waals surface area contributed by atoms with Crippen molar-refractivity contribution in [1.29, 1.82) is 0 Å². The maximum Gasteiger partial charge on any atom is 0.490 e. The monoisotopic (exact) mass is 435 g/mol. The standard InChI is InChI=1S/C13H15N5OS2.C2HF3O2/c1-7-4-9-8(6-20-12(9)21-7)5-11(19)16-13-15-10(2-3-14)17-18-13;3-2(4,5)1(6)7/h4,6H,2-3,5,14H2,1H3,(H2,15,16,17,18,19);(H,6,7). The average Bonchev–Trinajstić information content (AvgIpc) is 3.26. The molecular formula is C15H16F3N5O3S2. The minimum Gasteiger partial charge on any atom is -0.475 e. The van der Waals surface area contributed by atoms with Gasteiger partial charge in [0.1, 0.15) is 5.82 Å². The Hall–Kier alpha value is -2.51. The molecule has 0 saturated carbocycles. The molecule has 8 nitrogen and oxygen atoms in total. The van der Waals surface area contributed by atoms with E-state index >= 15 is 0 Å². The summed E-state index contributed by atoms with van der Waals surface area (Å²) in [5, 5.41) is 19.8. The predicted octanol–water partition coefficient (Wildman–Crippen LogP) is 2.71. The normalized spacial score (nSPS) is 11.2. The van der Waals surface area contributed by atoms with Crippen LogP contribution >= 0.6 is 22.7 Å². The number of carboxylic acids is 1. The minimum atomic E-state index is -5.08. The Balaban J connectivity index is 0.000000345. The first-order valence-electron chi connectivity index (χ1n) is 7.78. The number of aromatic amines is 1. The van der Waals surface area contributed by atoms with Gasteiger partial charge in [-0.15, -0.1) is 27.8 Å². The Bertz CT molecular complexity index is 964. The topological polar surface area (TPSA) is 134 Å². The van der Waals surface area contributed by atoms with Crippen LogP contribution in [0.5, 0.6) is 0 Å². The van der Waals surface area contributed by atoms with E-state index in [9.17, 15) is 18.0 Å². The molecule has 152 valence electrons. The van der Waals surface area contributed by atoms with Crippen molar-refractivity contribution in [1.82, 2.24) is 15.2 Å². The number of carbonyl (C=O) groups excluding carboxylic acids is 1. The molecule has 13 heteroatoms. The molecular weight excluding hydrogens is 419 g/mol. The number of thiophene rings is 2. The number of carboxylic acid groups (broad SMARTS) is 1. The number of hydrogen-bond acceptors (Lipinski definition) is 7. The van der Waals surface area contributed by atoms with Gasteiger partial charge in [0.25, 0.3) is 0 Å². The van der Waals surface area contributed by atoms with Gasteiger partial charge in [-0.3, -0.25) is 15.2 Å². The van der Waals surface area contributed by atoms with E-state index in [1.165, 1.54) is 14.3 Å². The van der Waals surface area contributed by atoms with Crippen molar-refractivity contribution >= 4 is 49.9 Å². The largest absolute Gasteiger partial charge is 0.490 e. The average molecular weight is 435 g/mol. The smallest absolute Gasteiger partial charge is 0.475 e. The van der Waals surface area contributed by atoms with Crippen LogP contribution in [-0.2, 0) is 22.4 Å². The predicted molar refractivity (Wildman–Crippen MR) is 99.6 cm³/mol. The summed E-state index contributed by atoms with van der Waals surface area (Å²) in [5.41, 5.74) is 6.49. The number of aromatic nitrogens is 3. The number of nitrogens with one attached hydrogen (secondary N) is 2. The molecule has 0 aliphatic rings. The van der Waals surface area contributed by atoms with Crippen molar-refractivity contribution in [2.24, 2.45) is 5.73 Å². The van der Waals surface area contributed by atoms with E-state index < -0.39 is 12.1 Å². The number of amides is 1. The Morgan fingerprint density at radius 1 is 1.39 bits per heavy atom. The molecule has 0 unspecified atom stereocenters. The van der Waals surface area contributed by atoms with Crippen LogP contribution in [0.1, 0.15) is 16.3 Å². The summed E-state index contributed by atoms with van der Waals surface area (Å²) in [7, 11) is 0. The molecule has 0 aromatic carbocycles. The first-order valence-corrected chi connectivity index (χ1v) is 9.47. The zero-order valence-corrected chi connectivity index (χ0v) is 16.1. The molecule has 0 saturated heterocycles.